The summed E-state index contributed by atoms with van der Waals surface area (Å²) in [6.45, 7) is 9.66. The minimum atomic E-state index is -0.338. The molecule has 2 atom stereocenters. The Morgan fingerprint density at radius 1 is 1.15 bits per heavy atom. The summed E-state index contributed by atoms with van der Waals surface area (Å²) in [7, 11) is 0. The van der Waals surface area contributed by atoms with Gasteiger partial charge in [0.2, 0.25) is 0 Å². The van der Waals surface area contributed by atoms with Crippen molar-refractivity contribution in [3.8, 4) is 5.75 Å². The van der Waals surface area contributed by atoms with Crippen LogP contribution in [0.3, 0.4) is 0 Å². The van der Waals surface area contributed by atoms with Gasteiger partial charge >= 0.3 is 0 Å². The minimum Gasteiger partial charge on any atom is -0.493 e. The fourth-order valence-corrected chi connectivity index (χ4v) is 4.46. The number of hydrogen-bond donors (Lipinski definition) is 1. The molecule has 3 rings (SSSR count). The molecule has 0 fully saturated rings. The van der Waals surface area contributed by atoms with Crippen LogP contribution in [0.1, 0.15) is 59.4 Å². The molecule has 2 unspecified atom stereocenters. The van der Waals surface area contributed by atoms with Crippen molar-refractivity contribution in [2.24, 2.45) is 0 Å². The molecule has 0 saturated carbocycles. The molecule has 0 saturated heterocycles. The van der Waals surface area contributed by atoms with Gasteiger partial charge in [0.25, 0.3) is 0 Å². The van der Waals surface area contributed by atoms with E-state index >= 15 is 0 Å². The lowest BCUT2D eigenvalue weighted by Gasteiger charge is -2.16. The van der Waals surface area contributed by atoms with Crippen LogP contribution in [0.15, 0.2) is 71.7 Å². The highest BCUT2D eigenvalue weighted by Crippen LogP contribution is 2.27. The molecule has 1 N–H and O–H groups in total. The van der Waals surface area contributed by atoms with Gasteiger partial charge in [0.05, 0.1) is 17.6 Å². The zero-order valence-electron chi connectivity index (χ0n) is 20.9. The summed E-state index contributed by atoms with van der Waals surface area (Å²) in [5, 5.41) is 3.13. The Hall–Kier alpha value is -2.73. The van der Waals surface area contributed by atoms with E-state index in [1.54, 1.807) is 0 Å². The van der Waals surface area contributed by atoms with Crippen molar-refractivity contribution >= 4 is 22.7 Å². The third kappa shape index (κ3) is 8.56. The third-order valence-electron chi connectivity index (χ3n) is 5.31. The van der Waals surface area contributed by atoms with Crippen molar-refractivity contribution in [2.45, 2.75) is 71.8 Å². The van der Waals surface area contributed by atoms with Crippen molar-refractivity contribution in [1.29, 1.82) is 0 Å². The molecule has 0 aromatic heterocycles. The van der Waals surface area contributed by atoms with Gasteiger partial charge in [0.1, 0.15) is 17.3 Å². The van der Waals surface area contributed by atoms with Gasteiger partial charge in [-0.2, -0.15) is 0 Å². The lowest BCUT2D eigenvalue weighted by atomic mass is 10.1. The summed E-state index contributed by atoms with van der Waals surface area (Å²) in [6.07, 6.45) is 13.2. The number of ether oxygens (including phenoxy) is 2. The number of carbonyl (C=O) groups is 2. The largest absolute Gasteiger partial charge is 0.493 e. The summed E-state index contributed by atoms with van der Waals surface area (Å²) in [5.74, 6) is 1.79. The van der Waals surface area contributed by atoms with E-state index in [-0.39, 0.29) is 22.4 Å². The van der Waals surface area contributed by atoms with Crippen LogP contribution in [0.5, 0.6) is 5.75 Å². The van der Waals surface area contributed by atoms with E-state index < -0.39 is 0 Å². The Kier molecular flexibility index (Phi) is 11.7. The molecular weight excluding hydrogens is 446 g/mol. The number of hydrogen-bond acceptors (Lipinski definition) is 6. The second-order valence-electron chi connectivity index (χ2n) is 7.81. The quantitative estimate of drug-likeness (QED) is 0.423. The Labute approximate surface area is 208 Å². The first-order valence-electron chi connectivity index (χ1n) is 12.0. The molecule has 6 heteroatoms. The summed E-state index contributed by atoms with van der Waals surface area (Å²) >= 11 is 1.09. The van der Waals surface area contributed by atoms with Crippen LogP contribution >= 0.6 is 11.8 Å². The van der Waals surface area contributed by atoms with Crippen LogP contribution in [0.4, 0.5) is 0 Å². The van der Waals surface area contributed by atoms with Gasteiger partial charge in [-0.25, -0.2) is 0 Å². The number of Topliss-reactive ketones (excluding diaryl/α,β-unsaturated/α-hetero) is 1. The third-order valence-corrected chi connectivity index (χ3v) is 6.42. The second kappa shape index (κ2) is 14.5. The smallest absolute Gasteiger partial charge is 0.192 e. The van der Waals surface area contributed by atoms with E-state index in [1.807, 2.05) is 50.3 Å². The first kappa shape index (κ1) is 27.5. The number of thioether (sulfide) groups is 1. The van der Waals surface area contributed by atoms with Crippen LogP contribution in [0.2, 0.25) is 0 Å². The topological polar surface area (TPSA) is 64.6 Å². The Morgan fingerprint density at radius 2 is 1.88 bits per heavy atom. The average molecular weight is 484 g/mol. The lowest BCUT2D eigenvalue weighted by molar-refractivity contribution is -0.117. The van der Waals surface area contributed by atoms with Crippen molar-refractivity contribution < 1.29 is 19.1 Å². The van der Waals surface area contributed by atoms with Gasteiger partial charge < -0.3 is 14.8 Å². The molecule has 1 heterocycles. The molecule has 5 nitrogen and oxygen atoms in total. The highest BCUT2D eigenvalue weighted by atomic mass is 32.2. The molecule has 0 radical (unpaired) electrons. The highest BCUT2D eigenvalue weighted by Gasteiger charge is 2.26. The molecule has 34 heavy (non-hydrogen) atoms. The Morgan fingerprint density at radius 3 is 2.53 bits per heavy atom. The molecule has 0 amide bonds. The van der Waals surface area contributed by atoms with Crippen molar-refractivity contribution in [2.75, 3.05) is 6.61 Å². The number of ketones is 1. The summed E-state index contributed by atoms with van der Waals surface area (Å²) in [6, 6.07) is 7.73. The number of benzene rings is 1. The standard InChI is InChI=1S/C26H31NO4S.C2H6/c1-4-24-23(27-26(31-24)21-9-7-5-6-8-10-21)15-16-30-22-13-11-20(12-14-22)17-25(18(2)28)32-19(3)29;1-2/h5-9,11-14,25-27H,4,10,15-17H2,1-3H3;1-2H3. The fourth-order valence-electron chi connectivity index (χ4n) is 3.62. The van der Waals surface area contributed by atoms with E-state index in [2.05, 4.69) is 30.5 Å². The van der Waals surface area contributed by atoms with Gasteiger partial charge in [-0.05, 0) is 43.0 Å². The van der Waals surface area contributed by atoms with E-state index in [0.717, 1.165) is 53.8 Å². The maximum atomic E-state index is 11.8. The number of rotatable bonds is 10. The molecule has 1 aliphatic carbocycles. The Bertz CT molecular complexity index is 944. The first-order valence-corrected chi connectivity index (χ1v) is 12.9. The summed E-state index contributed by atoms with van der Waals surface area (Å²) in [4.78, 5) is 23.1. The molecule has 1 aromatic rings. The summed E-state index contributed by atoms with van der Waals surface area (Å²) in [5.41, 5.74) is 3.31. The van der Waals surface area contributed by atoms with Crippen molar-refractivity contribution in [3.05, 3.63) is 77.2 Å². The van der Waals surface area contributed by atoms with Crippen LogP contribution in [-0.4, -0.2) is 29.0 Å². The van der Waals surface area contributed by atoms with E-state index in [4.69, 9.17) is 9.47 Å². The highest BCUT2D eigenvalue weighted by molar-refractivity contribution is 8.14. The van der Waals surface area contributed by atoms with Crippen LogP contribution in [-0.2, 0) is 20.7 Å². The fraction of sp³-hybridized carbons (Fsp3) is 0.429. The van der Waals surface area contributed by atoms with Gasteiger partial charge in [0, 0.05) is 19.8 Å². The number of carbonyl (C=O) groups excluding carboxylic acids is 2. The molecular formula is C28H37NO4S. The minimum absolute atomic E-state index is 0.0155. The van der Waals surface area contributed by atoms with E-state index in [0.29, 0.717) is 13.0 Å². The second-order valence-corrected chi connectivity index (χ2v) is 9.19. The molecule has 0 spiro atoms. The van der Waals surface area contributed by atoms with E-state index in [1.165, 1.54) is 19.4 Å². The van der Waals surface area contributed by atoms with Gasteiger partial charge in [-0.15, -0.1) is 0 Å². The first-order chi connectivity index (χ1) is 16.5. The predicted molar refractivity (Wildman–Crippen MR) is 141 cm³/mol. The van der Waals surface area contributed by atoms with Crippen LogP contribution in [0, 0.1) is 0 Å². The average Bonchev–Trinajstić information content (AvgIpc) is 3.04. The SMILES string of the molecule is CC.CCC1=C(CCOc2ccc(CC(SC(C)=O)C(C)=O)cc2)NC(C2=CC=CC=CC2)O1. The van der Waals surface area contributed by atoms with Gasteiger partial charge in [-0.1, -0.05) is 75.0 Å². The molecule has 0 bridgehead atoms. The molecule has 1 aromatic carbocycles. The zero-order valence-corrected chi connectivity index (χ0v) is 21.7. The molecule has 2 aliphatic rings. The number of nitrogens with one attached hydrogen (secondary N) is 1. The van der Waals surface area contributed by atoms with E-state index in [9.17, 15) is 9.59 Å². The maximum absolute atomic E-state index is 11.8. The van der Waals surface area contributed by atoms with Gasteiger partial charge in [-0.3, -0.25) is 9.59 Å². The number of allylic oxidation sites excluding steroid dienone is 6. The van der Waals surface area contributed by atoms with Crippen molar-refractivity contribution in [3.63, 3.8) is 0 Å². The van der Waals surface area contributed by atoms with Gasteiger partial charge in [0.15, 0.2) is 11.3 Å². The van der Waals surface area contributed by atoms with Crippen LogP contribution < -0.4 is 10.1 Å². The van der Waals surface area contributed by atoms with Crippen LogP contribution in [0.25, 0.3) is 0 Å². The lowest BCUT2D eigenvalue weighted by Crippen LogP contribution is -2.26. The zero-order chi connectivity index (χ0) is 24.9. The summed E-state index contributed by atoms with van der Waals surface area (Å²) < 4.78 is 12.1. The molecule has 184 valence electrons. The monoisotopic (exact) mass is 483 g/mol. The predicted octanol–water partition coefficient (Wildman–Crippen LogP) is 6.27. The van der Waals surface area contributed by atoms with Crippen molar-refractivity contribution in [1.82, 2.24) is 5.32 Å². The molecule has 1 aliphatic heterocycles. The maximum Gasteiger partial charge on any atom is 0.192 e. The normalized spacial score (nSPS) is 17.6. The Balaban J connectivity index is 0.00000199.